The Hall–Kier alpha value is -4.18. The number of piperazine rings is 1. The van der Waals surface area contributed by atoms with Crippen molar-refractivity contribution in [1.82, 2.24) is 10.3 Å². The Labute approximate surface area is 216 Å². The van der Waals surface area contributed by atoms with E-state index in [1.807, 2.05) is 30.3 Å². The van der Waals surface area contributed by atoms with E-state index in [2.05, 4.69) is 15.6 Å². The maximum atomic E-state index is 14.4. The molecule has 0 saturated carbocycles. The van der Waals surface area contributed by atoms with Gasteiger partial charge in [-0.3, -0.25) is 9.78 Å². The molecule has 2 N–H and O–H groups in total. The van der Waals surface area contributed by atoms with Crippen LogP contribution in [-0.4, -0.2) is 37.1 Å². The highest BCUT2D eigenvalue weighted by atomic mass is 19.4. The van der Waals surface area contributed by atoms with Gasteiger partial charge >= 0.3 is 6.18 Å². The van der Waals surface area contributed by atoms with E-state index in [-0.39, 0.29) is 29.3 Å². The fourth-order valence-corrected chi connectivity index (χ4v) is 4.34. The first-order valence-corrected chi connectivity index (χ1v) is 12.0. The summed E-state index contributed by atoms with van der Waals surface area (Å²) >= 11 is 0. The molecule has 1 amide bonds. The van der Waals surface area contributed by atoms with Crippen molar-refractivity contribution < 1.29 is 27.1 Å². The van der Waals surface area contributed by atoms with Gasteiger partial charge < -0.3 is 20.3 Å². The van der Waals surface area contributed by atoms with E-state index < -0.39 is 23.5 Å². The monoisotopic (exact) mass is 524 g/mol. The number of pyridine rings is 1. The third-order valence-corrected chi connectivity index (χ3v) is 6.25. The normalized spacial score (nSPS) is 13.9. The number of nitrogens with zero attached hydrogens (tertiary/aromatic N) is 2. The second-order valence-electron chi connectivity index (χ2n) is 8.89. The first kappa shape index (κ1) is 25.5. The van der Waals surface area contributed by atoms with Crippen molar-refractivity contribution in [2.24, 2.45) is 0 Å². The summed E-state index contributed by atoms with van der Waals surface area (Å²) in [5.74, 6) is -1.52. The lowest BCUT2D eigenvalue weighted by Crippen LogP contribution is -2.44. The summed E-state index contributed by atoms with van der Waals surface area (Å²) < 4.78 is 61.5. The van der Waals surface area contributed by atoms with E-state index in [4.69, 9.17) is 4.74 Å². The van der Waals surface area contributed by atoms with Gasteiger partial charge in [-0.1, -0.05) is 18.2 Å². The largest absolute Gasteiger partial charge is 0.486 e. The standard InChI is InChI=1S/C28H24F4N4O2/c29-23-7-5-20(14-26(23)38-17-18-13-19-3-1-2-4-24(19)34-16-18)27(37)35-21-6-8-25(22(15-21)28(30,31)32)36-11-9-33-10-12-36/h1-8,13-16,33H,9-12,17H2,(H,35,37). The van der Waals surface area contributed by atoms with Gasteiger partial charge in [-0.15, -0.1) is 0 Å². The second-order valence-corrected chi connectivity index (χ2v) is 8.89. The number of halogens is 4. The molecule has 0 atom stereocenters. The van der Waals surface area contributed by atoms with Gasteiger partial charge in [-0.25, -0.2) is 4.39 Å². The fraction of sp³-hybridized carbons (Fsp3) is 0.214. The number of ether oxygens (including phenoxy) is 1. The van der Waals surface area contributed by atoms with Crippen LogP contribution >= 0.6 is 0 Å². The summed E-state index contributed by atoms with van der Waals surface area (Å²) in [7, 11) is 0. The molecule has 0 bridgehead atoms. The van der Waals surface area contributed by atoms with Crippen LogP contribution in [0, 0.1) is 5.82 Å². The number of rotatable bonds is 6. The molecule has 0 unspecified atom stereocenters. The molecule has 2 heterocycles. The summed E-state index contributed by atoms with van der Waals surface area (Å²) in [6.45, 7) is 2.08. The van der Waals surface area contributed by atoms with E-state index in [0.717, 1.165) is 23.0 Å². The van der Waals surface area contributed by atoms with Crippen molar-refractivity contribution in [3.05, 3.63) is 95.4 Å². The molecule has 1 aromatic heterocycles. The van der Waals surface area contributed by atoms with Crippen LogP contribution in [0.25, 0.3) is 10.9 Å². The number of aromatic nitrogens is 1. The van der Waals surface area contributed by atoms with E-state index in [1.165, 1.54) is 24.3 Å². The van der Waals surface area contributed by atoms with Gasteiger partial charge in [0.25, 0.3) is 5.91 Å². The van der Waals surface area contributed by atoms with Crippen LogP contribution in [0.2, 0.25) is 0 Å². The van der Waals surface area contributed by atoms with E-state index in [0.29, 0.717) is 31.7 Å². The molecular formula is C28H24F4N4O2. The average molecular weight is 525 g/mol. The van der Waals surface area contributed by atoms with Crippen LogP contribution in [0.5, 0.6) is 5.75 Å². The summed E-state index contributed by atoms with van der Waals surface area (Å²) in [4.78, 5) is 18.9. The van der Waals surface area contributed by atoms with Crippen LogP contribution in [-0.2, 0) is 12.8 Å². The number of amides is 1. The fourth-order valence-electron chi connectivity index (χ4n) is 4.34. The van der Waals surface area contributed by atoms with Gasteiger partial charge in [0.2, 0.25) is 0 Å². The lowest BCUT2D eigenvalue weighted by atomic mass is 10.1. The summed E-state index contributed by atoms with van der Waals surface area (Å²) in [5, 5.41) is 6.50. The third-order valence-electron chi connectivity index (χ3n) is 6.25. The molecule has 1 aliphatic rings. The molecule has 3 aromatic carbocycles. The Kier molecular flexibility index (Phi) is 7.15. The maximum Gasteiger partial charge on any atom is 0.418 e. The van der Waals surface area contributed by atoms with E-state index in [9.17, 15) is 22.4 Å². The molecule has 1 saturated heterocycles. The number of nitrogens with one attached hydrogen (secondary N) is 2. The first-order chi connectivity index (χ1) is 18.3. The number of benzene rings is 3. The molecule has 0 radical (unpaired) electrons. The molecule has 1 fully saturated rings. The minimum atomic E-state index is -4.60. The Morgan fingerprint density at radius 2 is 1.82 bits per heavy atom. The topological polar surface area (TPSA) is 66.5 Å². The number of anilines is 2. The van der Waals surface area contributed by atoms with Crippen molar-refractivity contribution in [2.75, 3.05) is 36.4 Å². The minimum absolute atomic E-state index is 0.0161. The zero-order chi connectivity index (χ0) is 26.7. The van der Waals surface area contributed by atoms with Gasteiger partial charge in [0, 0.05) is 60.3 Å². The Morgan fingerprint density at radius 1 is 1.03 bits per heavy atom. The number of carbonyl (C=O) groups excluding carboxylic acids is 1. The van der Waals surface area contributed by atoms with Gasteiger partial charge in [0.15, 0.2) is 11.6 Å². The minimum Gasteiger partial charge on any atom is -0.486 e. The van der Waals surface area contributed by atoms with Crippen molar-refractivity contribution in [1.29, 1.82) is 0 Å². The van der Waals surface area contributed by atoms with Crippen molar-refractivity contribution >= 4 is 28.2 Å². The smallest absolute Gasteiger partial charge is 0.418 e. The predicted molar refractivity (Wildman–Crippen MR) is 137 cm³/mol. The molecule has 1 aliphatic heterocycles. The maximum absolute atomic E-state index is 14.4. The summed E-state index contributed by atoms with van der Waals surface area (Å²) in [5.41, 5.74) is 0.785. The van der Waals surface area contributed by atoms with E-state index in [1.54, 1.807) is 11.1 Å². The zero-order valence-electron chi connectivity index (χ0n) is 20.2. The Bertz CT molecular complexity index is 1470. The molecule has 0 spiro atoms. The SMILES string of the molecule is O=C(Nc1ccc(N2CCNCC2)c(C(F)(F)F)c1)c1ccc(F)c(OCc2cnc3ccccc3c2)c1. The molecule has 0 aliphatic carbocycles. The highest BCUT2D eigenvalue weighted by Crippen LogP contribution is 2.38. The van der Waals surface area contributed by atoms with Gasteiger partial charge in [0.05, 0.1) is 11.1 Å². The summed E-state index contributed by atoms with van der Waals surface area (Å²) in [6, 6.07) is 16.7. The molecule has 4 aromatic rings. The van der Waals surface area contributed by atoms with Crippen molar-refractivity contribution in [3.63, 3.8) is 0 Å². The molecule has 6 nitrogen and oxygen atoms in total. The van der Waals surface area contributed by atoms with E-state index >= 15 is 0 Å². The lowest BCUT2D eigenvalue weighted by molar-refractivity contribution is -0.137. The number of hydrogen-bond acceptors (Lipinski definition) is 5. The summed E-state index contributed by atoms with van der Waals surface area (Å²) in [6.07, 6.45) is -2.98. The van der Waals surface area contributed by atoms with Gasteiger partial charge in [-0.2, -0.15) is 13.2 Å². The highest BCUT2D eigenvalue weighted by Gasteiger charge is 2.35. The highest BCUT2D eigenvalue weighted by molar-refractivity contribution is 6.04. The number of para-hydroxylation sites is 1. The Morgan fingerprint density at radius 3 is 2.61 bits per heavy atom. The Balaban J connectivity index is 1.32. The third kappa shape index (κ3) is 5.70. The van der Waals surface area contributed by atoms with Crippen LogP contribution in [0.1, 0.15) is 21.5 Å². The van der Waals surface area contributed by atoms with Crippen LogP contribution in [0.15, 0.2) is 72.9 Å². The van der Waals surface area contributed by atoms with Crippen LogP contribution in [0.3, 0.4) is 0 Å². The second kappa shape index (κ2) is 10.7. The number of fused-ring (bicyclic) bond motifs is 1. The molecule has 5 rings (SSSR count). The number of alkyl halides is 3. The van der Waals surface area contributed by atoms with Gasteiger partial charge in [0.1, 0.15) is 6.61 Å². The van der Waals surface area contributed by atoms with Crippen LogP contribution in [0.4, 0.5) is 28.9 Å². The lowest BCUT2D eigenvalue weighted by Gasteiger charge is -2.31. The number of carbonyl (C=O) groups is 1. The first-order valence-electron chi connectivity index (χ1n) is 12.0. The van der Waals surface area contributed by atoms with Gasteiger partial charge in [-0.05, 0) is 48.5 Å². The quantitative estimate of drug-likeness (QED) is 0.320. The van der Waals surface area contributed by atoms with Crippen molar-refractivity contribution in [2.45, 2.75) is 12.8 Å². The molecule has 196 valence electrons. The van der Waals surface area contributed by atoms with Crippen molar-refractivity contribution in [3.8, 4) is 5.75 Å². The predicted octanol–water partition coefficient (Wildman–Crippen LogP) is 5.63. The number of hydrogen-bond donors (Lipinski definition) is 2. The molecular weight excluding hydrogens is 500 g/mol. The zero-order valence-corrected chi connectivity index (χ0v) is 20.2. The molecule has 38 heavy (non-hydrogen) atoms. The van der Waals surface area contributed by atoms with Crippen LogP contribution < -0.4 is 20.3 Å². The molecule has 10 heteroatoms. The average Bonchev–Trinajstić information content (AvgIpc) is 2.92.